The molecule has 2 rings (SSSR count). The van der Waals surface area contributed by atoms with Crippen molar-refractivity contribution in [3.8, 4) is 0 Å². The van der Waals surface area contributed by atoms with Gasteiger partial charge in [-0.15, -0.1) is 0 Å². The molecule has 0 fully saturated rings. The number of amides is 1. The van der Waals surface area contributed by atoms with Crippen molar-refractivity contribution in [3.05, 3.63) is 58.6 Å². The second-order valence-electron chi connectivity index (χ2n) is 4.49. The number of hydrogen-bond acceptors (Lipinski definition) is 6. The quantitative estimate of drug-likeness (QED) is 0.488. The molecule has 0 atom stereocenters. The van der Waals surface area contributed by atoms with Crippen LogP contribution in [0.1, 0.15) is 0 Å². The zero-order valence-corrected chi connectivity index (χ0v) is 13.4. The van der Waals surface area contributed by atoms with Crippen LogP contribution in [0.2, 0.25) is 0 Å². The minimum atomic E-state index is -3.78. The molecule has 0 heterocycles. The minimum Gasteiger partial charge on any atom is -0.325 e. The van der Waals surface area contributed by atoms with E-state index in [1.807, 2.05) is 0 Å². The normalized spacial score (nSPS) is 11.0. The number of nitrogens with zero attached hydrogens (tertiary/aromatic N) is 1. The largest absolute Gasteiger partial charge is 0.325 e. The number of nitro benzene ring substituents is 1. The van der Waals surface area contributed by atoms with Gasteiger partial charge in [-0.1, -0.05) is 0 Å². The van der Waals surface area contributed by atoms with E-state index in [2.05, 4.69) is 17.9 Å². The molecule has 1 N–H and O–H groups in total. The van der Waals surface area contributed by atoms with Crippen LogP contribution in [0, 0.1) is 10.1 Å². The number of anilines is 1. The molecule has 2 aromatic carbocycles. The first kappa shape index (κ1) is 17.0. The second-order valence-corrected chi connectivity index (χ2v) is 6.75. The summed E-state index contributed by atoms with van der Waals surface area (Å²) in [6.45, 7) is 0. The fourth-order valence-corrected chi connectivity index (χ4v) is 3.14. The van der Waals surface area contributed by atoms with Crippen LogP contribution in [0.3, 0.4) is 0 Å². The van der Waals surface area contributed by atoms with Crippen LogP contribution in [0.25, 0.3) is 0 Å². The van der Waals surface area contributed by atoms with Crippen molar-refractivity contribution in [1.82, 2.24) is 0 Å². The molecule has 0 unspecified atom stereocenters. The van der Waals surface area contributed by atoms with Crippen LogP contribution >= 0.6 is 12.6 Å². The van der Waals surface area contributed by atoms with Gasteiger partial charge in [0.1, 0.15) is 0 Å². The van der Waals surface area contributed by atoms with Gasteiger partial charge in [0.05, 0.1) is 20.5 Å². The Morgan fingerprint density at radius 3 is 1.96 bits per heavy atom. The maximum Gasteiger partial charge on any atom is 0.269 e. The van der Waals surface area contributed by atoms with Crippen LogP contribution in [-0.4, -0.2) is 25.0 Å². The highest BCUT2D eigenvalue weighted by Gasteiger charge is 2.18. The third-order valence-corrected chi connectivity index (χ3v) is 5.02. The maximum absolute atomic E-state index is 12.4. The van der Waals surface area contributed by atoms with E-state index < -0.39 is 14.8 Å². The number of sulfone groups is 1. The van der Waals surface area contributed by atoms with Gasteiger partial charge < -0.3 is 5.32 Å². The number of nitrogens with one attached hydrogen (secondary N) is 1. The number of carbonyl (C=O) groups is 1. The predicted octanol–water partition coefficient (Wildman–Crippen LogP) is 2.30. The molecule has 2 aromatic rings. The highest BCUT2D eigenvalue weighted by molar-refractivity contribution is 7.91. The number of benzene rings is 2. The summed E-state index contributed by atoms with van der Waals surface area (Å²) in [7, 11) is -3.78. The monoisotopic (exact) mass is 352 g/mol. The SMILES string of the molecule is O=C(CS)Nc1ccc(S(=O)(=O)c2ccc([N+](=O)[O-])cc2)cc1. The number of rotatable bonds is 5. The zero-order valence-electron chi connectivity index (χ0n) is 11.7. The Balaban J connectivity index is 2.28. The molecule has 0 aromatic heterocycles. The number of hydrogen-bond donors (Lipinski definition) is 2. The summed E-state index contributed by atoms with van der Waals surface area (Å²) in [5.41, 5.74) is 0.264. The maximum atomic E-state index is 12.4. The van der Waals surface area contributed by atoms with Crippen LogP contribution in [-0.2, 0) is 14.6 Å². The first-order valence-electron chi connectivity index (χ1n) is 6.35. The number of carbonyl (C=O) groups excluding carboxylic acids is 1. The molecule has 0 radical (unpaired) electrons. The van der Waals surface area contributed by atoms with Crippen LogP contribution in [0.15, 0.2) is 58.3 Å². The van der Waals surface area contributed by atoms with Crippen LogP contribution in [0.4, 0.5) is 11.4 Å². The van der Waals surface area contributed by atoms with Crippen molar-refractivity contribution in [2.45, 2.75) is 9.79 Å². The summed E-state index contributed by atoms with van der Waals surface area (Å²) in [6.07, 6.45) is 0. The Labute approximate surface area is 137 Å². The molecular formula is C14H12N2O5S2. The summed E-state index contributed by atoms with van der Waals surface area (Å²) < 4.78 is 24.9. The van der Waals surface area contributed by atoms with Crippen molar-refractivity contribution < 1.29 is 18.1 Å². The van der Waals surface area contributed by atoms with Gasteiger partial charge in [0.15, 0.2) is 0 Å². The van der Waals surface area contributed by atoms with E-state index in [9.17, 15) is 23.3 Å². The van der Waals surface area contributed by atoms with Crippen molar-refractivity contribution in [2.75, 3.05) is 11.1 Å². The predicted molar refractivity (Wildman–Crippen MR) is 87.5 cm³/mol. The Bertz CT molecular complexity index is 830. The van der Waals surface area contributed by atoms with Crippen molar-refractivity contribution in [3.63, 3.8) is 0 Å². The lowest BCUT2D eigenvalue weighted by molar-refractivity contribution is -0.384. The zero-order chi connectivity index (χ0) is 17.0. The van der Waals surface area contributed by atoms with Gasteiger partial charge in [-0.25, -0.2) is 8.42 Å². The topological polar surface area (TPSA) is 106 Å². The molecule has 0 bridgehead atoms. The smallest absolute Gasteiger partial charge is 0.269 e. The lowest BCUT2D eigenvalue weighted by Gasteiger charge is -2.07. The molecule has 0 spiro atoms. The molecule has 7 nitrogen and oxygen atoms in total. The molecular weight excluding hydrogens is 340 g/mol. The van der Waals surface area contributed by atoms with Crippen molar-refractivity contribution in [1.29, 1.82) is 0 Å². The Morgan fingerprint density at radius 2 is 1.52 bits per heavy atom. The summed E-state index contributed by atoms with van der Waals surface area (Å²) in [5.74, 6) is -0.289. The Kier molecular flexibility index (Phi) is 5.02. The Hall–Kier alpha value is -2.39. The van der Waals surface area contributed by atoms with E-state index >= 15 is 0 Å². The molecule has 9 heteroatoms. The minimum absolute atomic E-state index is 0.0167. The average Bonchev–Trinajstić information content (AvgIpc) is 2.55. The number of thiol groups is 1. The van der Waals surface area contributed by atoms with Gasteiger partial charge in [0, 0.05) is 17.8 Å². The lowest BCUT2D eigenvalue weighted by Crippen LogP contribution is -2.12. The van der Waals surface area contributed by atoms with Crippen LogP contribution in [0.5, 0.6) is 0 Å². The van der Waals surface area contributed by atoms with E-state index in [-0.39, 0.29) is 27.1 Å². The van der Waals surface area contributed by atoms with Gasteiger partial charge in [0.2, 0.25) is 15.7 Å². The van der Waals surface area contributed by atoms with Gasteiger partial charge in [0.25, 0.3) is 5.69 Å². The van der Waals surface area contributed by atoms with Gasteiger partial charge in [-0.2, -0.15) is 12.6 Å². The fraction of sp³-hybridized carbons (Fsp3) is 0.0714. The molecule has 0 aliphatic heterocycles. The van der Waals surface area contributed by atoms with Crippen LogP contribution < -0.4 is 5.32 Å². The highest BCUT2D eigenvalue weighted by Crippen LogP contribution is 2.24. The molecule has 0 saturated heterocycles. The first-order valence-corrected chi connectivity index (χ1v) is 8.46. The van der Waals surface area contributed by atoms with Crippen molar-refractivity contribution >= 4 is 39.7 Å². The van der Waals surface area contributed by atoms with E-state index in [1.165, 1.54) is 36.4 Å². The summed E-state index contributed by atoms with van der Waals surface area (Å²) in [5, 5.41) is 13.1. The molecule has 23 heavy (non-hydrogen) atoms. The summed E-state index contributed by atoms with van der Waals surface area (Å²) in [6, 6.07) is 10.3. The Morgan fingerprint density at radius 1 is 1.04 bits per heavy atom. The fourth-order valence-electron chi connectivity index (χ4n) is 1.80. The number of nitro groups is 1. The summed E-state index contributed by atoms with van der Waals surface area (Å²) in [4.78, 5) is 21.2. The molecule has 1 amide bonds. The van der Waals surface area contributed by atoms with Gasteiger partial charge in [-0.3, -0.25) is 14.9 Å². The lowest BCUT2D eigenvalue weighted by atomic mass is 10.3. The molecule has 0 aliphatic rings. The first-order chi connectivity index (χ1) is 10.8. The summed E-state index contributed by atoms with van der Waals surface area (Å²) >= 11 is 3.83. The molecule has 0 saturated carbocycles. The van der Waals surface area contributed by atoms with E-state index in [0.717, 1.165) is 12.1 Å². The van der Waals surface area contributed by atoms with Crippen molar-refractivity contribution in [2.24, 2.45) is 0 Å². The molecule has 0 aliphatic carbocycles. The van der Waals surface area contributed by atoms with E-state index in [4.69, 9.17) is 0 Å². The van der Waals surface area contributed by atoms with E-state index in [0.29, 0.717) is 5.69 Å². The third-order valence-electron chi connectivity index (χ3n) is 2.95. The van der Waals surface area contributed by atoms with E-state index in [1.54, 1.807) is 0 Å². The second kappa shape index (κ2) is 6.80. The standard InChI is InChI=1S/C14H12N2O5S2/c17-14(9-22)15-10-1-5-12(6-2-10)23(20,21)13-7-3-11(4-8-13)16(18)19/h1-8,22H,9H2,(H,15,17). The molecule has 120 valence electrons. The van der Waals surface area contributed by atoms with Gasteiger partial charge in [-0.05, 0) is 36.4 Å². The highest BCUT2D eigenvalue weighted by atomic mass is 32.2. The average molecular weight is 352 g/mol. The third kappa shape index (κ3) is 3.88. The van der Waals surface area contributed by atoms with Gasteiger partial charge >= 0.3 is 0 Å². The number of non-ortho nitro benzene ring substituents is 1.